The standard InChI is InChI=1S/C31H29Cl3FN3O5/c1-30(2)25(42-31(3,4)43-30)16-39-20-7-8-22(24(34)14-20)29-38-37-26(41-29)12-18-6-9-23(33)28(27(18)35)40-21-11-17(15-36-5)10-19(32)13-21/h6-11,13-14,25H,5,12,15-16H2,1-4H3/t25-/m0/s1. The third kappa shape index (κ3) is 7.30. The first-order valence-corrected chi connectivity index (χ1v) is 14.5. The lowest BCUT2D eigenvalue weighted by atomic mass is 10.0. The fraction of sp³-hybridized carbons (Fsp3) is 0.323. The molecule has 0 saturated carbocycles. The van der Waals surface area contributed by atoms with Crippen molar-refractivity contribution < 1.29 is 27.8 Å². The molecule has 5 rings (SSSR count). The molecule has 0 amide bonds. The highest BCUT2D eigenvalue weighted by Gasteiger charge is 2.47. The molecule has 226 valence electrons. The molecule has 1 aromatic heterocycles. The molecule has 1 saturated heterocycles. The summed E-state index contributed by atoms with van der Waals surface area (Å²) in [6.07, 6.45) is -0.279. The summed E-state index contributed by atoms with van der Waals surface area (Å²) < 4.78 is 45.0. The molecule has 3 aromatic carbocycles. The molecule has 1 aliphatic heterocycles. The van der Waals surface area contributed by atoms with Gasteiger partial charge in [0.15, 0.2) is 17.4 Å². The summed E-state index contributed by atoms with van der Waals surface area (Å²) in [6, 6.07) is 13.1. The molecular weight excluding hydrogens is 620 g/mol. The summed E-state index contributed by atoms with van der Waals surface area (Å²) in [4.78, 5) is 3.85. The predicted molar refractivity (Wildman–Crippen MR) is 163 cm³/mol. The van der Waals surface area contributed by atoms with E-state index in [2.05, 4.69) is 21.9 Å². The van der Waals surface area contributed by atoms with E-state index in [4.69, 9.17) is 58.2 Å². The normalized spacial score (nSPS) is 17.2. The fourth-order valence-electron chi connectivity index (χ4n) is 4.79. The van der Waals surface area contributed by atoms with Gasteiger partial charge in [-0.2, -0.15) is 0 Å². The fourth-order valence-corrected chi connectivity index (χ4v) is 5.48. The molecule has 0 radical (unpaired) electrons. The smallest absolute Gasteiger partial charge is 0.249 e. The van der Waals surface area contributed by atoms with Gasteiger partial charge in [-0.25, -0.2) is 4.39 Å². The maximum atomic E-state index is 15.6. The van der Waals surface area contributed by atoms with Crippen LogP contribution in [0.1, 0.15) is 44.7 Å². The van der Waals surface area contributed by atoms with Gasteiger partial charge in [0, 0.05) is 10.6 Å². The number of rotatable bonds is 10. The van der Waals surface area contributed by atoms with E-state index in [1.807, 2.05) is 27.7 Å². The molecule has 1 fully saturated rings. The van der Waals surface area contributed by atoms with E-state index in [0.29, 0.717) is 33.7 Å². The van der Waals surface area contributed by atoms with Crippen LogP contribution < -0.4 is 9.47 Å². The van der Waals surface area contributed by atoms with Crippen LogP contribution in [-0.4, -0.2) is 41.0 Å². The third-order valence-corrected chi connectivity index (χ3v) is 7.49. The van der Waals surface area contributed by atoms with Crippen molar-refractivity contribution in [2.24, 2.45) is 4.99 Å². The van der Waals surface area contributed by atoms with Gasteiger partial charge in [0.25, 0.3) is 0 Å². The van der Waals surface area contributed by atoms with Gasteiger partial charge in [0.2, 0.25) is 11.8 Å². The van der Waals surface area contributed by atoms with Gasteiger partial charge in [-0.3, -0.25) is 4.99 Å². The summed E-state index contributed by atoms with van der Waals surface area (Å²) in [7, 11) is 0. The Labute approximate surface area is 263 Å². The summed E-state index contributed by atoms with van der Waals surface area (Å²) in [5.74, 6) is -0.318. The van der Waals surface area contributed by atoms with E-state index in [-0.39, 0.29) is 47.2 Å². The van der Waals surface area contributed by atoms with Crippen LogP contribution in [-0.2, 0) is 22.4 Å². The third-order valence-electron chi connectivity index (χ3n) is 6.67. The molecule has 0 N–H and O–H groups in total. The predicted octanol–water partition coefficient (Wildman–Crippen LogP) is 8.73. The molecule has 1 aliphatic rings. The number of benzene rings is 3. The number of hydrogen-bond acceptors (Lipinski definition) is 8. The minimum absolute atomic E-state index is 0.0120. The second-order valence-corrected chi connectivity index (χ2v) is 12.2. The lowest BCUT2D eigenvalue weighted by molar-refractivity contribution is -0.158. The van der Waals surface area contributed by atoms with Crippen LogP contribution in [0.2, 0.25) is 15.1 Å². The van der Waals surface area contributed by atoms with Crippen molar-refractivity contribution in [2.75, 3.05) is 6.61 Å². The zero-order valence-corrected chi connectivity index (χ0v) is 26.2. The van der Waals surface area contributed by atoms with Crippen molar-refractivity contribution >= 4 is 41.5 Å². The van der Waals surface area contributed by atoms with Crippen molar-refractivity contribution in [1.82, 2.24) is 10.2 Å². The second kappa shape index (κ2) is 12.4. The van der Waals surface area contributed by atoms with Crippen molar-refractivity contribution in [1.29, 1.82) is 0 Å². The molecular formula is C31H29Cl3FN3O5. The van der Waals surface area contributed by atoms with Crippen LogP contribution in [0.3, 0.4) is 0 Å². The monoisotopic (exact) mass is 647 g/mol. The van der Waals surface area contributed by atoms with Crippen LogP contribution in [0.25, 0.3) is 11.5 Å². The molecule has 4 aromatic rings. The van der Waals surface area contributed by atoms with Crippen LogP contribution >= 0.6 is 34.8 Å². The van der Waals surface area contributed by atoms with E-state index >= 15 is 4.39 Å². The minimum Gasteiger partial charge on any atom is -0.491 e. The van der Waals surface area contributed by atoms with Crippen LogP contribution in [0.15, 0.2) is 57.9 Å². The topological polar surface area (TPSA) is 88.2 Å². The number of aliphatic imine (C=N–C) groups is 1. The maximum absolute atomic E-state index is 15.6. The Bertz CT molecular complexity index is 1660. The summed E-state index contributed by atoms with van der Waals surface area (Å²) in [6.45, 7) is 11.7. The lowest BCUT2D eigenvalue weighted by Gasteiger charge is -2.24. The van der Waals surface area contributed by atoms with Gasteiger partial charge in [-0.15, -0.1) is 10.2 Å². The van der Waals surface area contributed by atoms with E-state index < -0.39 is 17.2 Å². The Balaban J connectivity index is 1.28. The minimum atomic E-state index is -0.693. The SMILES string of the molecule is C=NCc1cc(Cl)cc(Oc2c(Cl)ccc(Cc3nnc(-c4ccc(OC[C@@H]5OC(C)(C)OC5(C)C)cc4Cl)o3)c2F)c1. The van der Waals surface area contributed by atoms with Gasteiger partial charge in [0.1, 0.15) is 24.2 Å². The number of halogens is 4. The highest BCUT2D eigenvalue weighted by molar-refractivity contribution is 6.33. The van der Waals surface area contributed by atoms with Gasteiger partial charge in [-0.1, -0.05) is 40.9 Å². The molecule has 0 spiro atoms. The molecule has 43 heavy (non-hydrogen) atoms. The quantitative estimate of drug-likeness (QED) is 0.159. The van der Waals surface area contributed by atoms with Crippen molar-refractivity contribution in [2.45, 2.75) is 58.2 Å². The van der Waals surface area contributed by atoms with E-state index in [9.17, 15) is 0 Å². The first kappa shape index (κ1) is 31.2. The Morgan fingerprint density at radius 1 is 0.977 bits per heavy atom. The zero-order valence-electron chi connectivity index (χ0n) is 23.9. The average molecular weight is 649 g/mol. The maximum Gasteiger partial charge on any atom is 0.249 e. The Morgan fingerprint density at radius 2 is 1.77 bits per heavy atom. The van der Waals surface area contributed by atoms with Gasteiger partial charge in [0.05, 0.1) is 34.2 Å². The van der Waals surface area contributed by atoms with Gasteiger partial charge in [-0.05, 0) is 82.4 Å². The van der Waals surface area contributed by atoms with E-state index in [0.717, 1.165) is 5.56 Å². The molecule has 12 heteroatoms. The van der Waals surface area contributed by atoms with Crippen molar-refractivity contribution in [3.8, 4) is 28.7 Å². The van der Waals surface area contributed by atoms with Crippen molar-refractivity contribution in [3.63, 3.8) is 0 Å². The Morgan fingerprint density at radius 3 is 2.47 bits per heavy atom. The van der Waals surface area contributed by atoms with E-state index in [1.54, 1.807) is 36.4 Å². The Hall–Kier alpha value is -3.21. The van der Waals surface area contributed by atoms with Crippen LogP contribution in [0, 0.1) is 5.82 Å². The number of aromatic nitrogens is 2. The number of hydrogen-bond donors (Lipinski definition) is 0. The van der Waals surface area contributed by atoms with Gasteiger partial charge >= 0.3 is 0 Å². The summed E-state index contributed by atoms with van der Waals surface area (Å²) in [5.41, 5.74) is 0.989. The van der Waals surface area contributed by atoms with Crippen LogP contribution in [0.4, 0.5) is 4.39 Å². The largest absolute Gasteiger partial charge is 0.491 e. The number of nitrogens with zero attached hydrogens (tertiary/aromatic N) is 3. The highest BCUT2D eigenvalue weighted by atomic mass is 35.5. The first-order valence-electron chi connectivity index (χ1n) is 13.3. The molecule has 8 nitrogen and oxygen atoms in total. The lowest BCUT2D eigenvalue weighted by Crippen LogP contribution is -2.37. The summed E-state index contributed by atoms with van der Waals surface area (Å²) >= 11 is 19.0. The second-order valence-electron chi connectivity index (χ2n) is 11.0. The van der Waals surface area contributed by atoms with Gasteiger partial charge < -0.3 is 23.4 Å². The van der Waals surface area contributed by atoms with Crippen LogP contribution in [0.5, 0.6) is 17.2 Å². The van der Waals surface area contributed by atoms with Crippen molar-refractivity contribution in [3.05, 3.63) is 86.4 Å². The molecule has 2 heterocycles. The average Bonchev–Trinajstić information content (AvgIpc) is 3.46. The summed E-state index contributed by atoms with van der Waals surface area (Å²) in [5, 5.41) is 9.02. The molecule has 0 unspecified atom stereocenters. The molecule has 0 aliphatic carbocycles. The first-order chi connectivity index (χ1) is 20.3. The Kier molecular flexibility index (Phi) is 9.02. The number of ether oxygens (including phenoxy) is 4. The highest BCUT2D eigenvalue weighted by Crippen LogP contribution is 2.38. The molecule has 1 atom stereocenters. The van der Waals surface area contributed by atoms with E-state index in [1.165, 1.54) is 12.1 Å². The zero-order chi connectivity index (χ0) is 30.9. The molecule has 0 bridgehead atoms.